The summed E-state index contributed by atoms with van der Waals surface area (Å²) in [6.45, 7) is 2.15. The molecule has 0 saturated carbocycles. The van der Waals surface area contributed by atoms with Crippen molar-refractivity contribution >= 4 is 6.29 Å². The van der Waals surface area contributed by atoms with E-state index in [1.807, 2.05) is 0 Å². The Bertz CT molecular complexity index is 248. The summed E-state index contributed by atoms with van der Waals surface area (Å²) in [5, 5.41) is 0. The molecular weight excluding hydrogens is 220 g/mol. The Balaban J connectivity index is 3.22. The highest BCUT2D eigenvalue weighted by atomic mass is 16.1. The van der Waals surface area contributed by atoms with Gasteiger partial charge in [-0.25, -0.2) is 0 Å². The molecule has 0 heterocycles. The van der Waals surface area contributed by atoms with Gasteiger partial charge < -0.3 is 4.79 Å². The zero-order chi connectivity index (χ0) is 13.3. The standard InChI is InChI=1S/C17H28O/c1-2-3-4-5-6-7-8-9-10-11-12-13-14-15-16-17-18/h3-4,6-7,9-10,17H,2,5,8,11-16H2,1H3/b4-3+,7-6+,10-9+. The van der Waals surface area contributed by atoms with Crippen LogP contribution in [0.4, 0.5) is 0 Å². The summed E-state index contributed by atoms with van der Waals surface area (Å²) < 4.78 is 0. The number of carbonyl (C=O) groups is 1. The predicted octanol–water partition coefficient (Wildman–Crippen LogP) is 5.38. The molecule has 0 spiro atoms. The summed E-state index contributed by atoms with van der Waals surface area (Å²) in [5.74, 6) is 0. The normalized spacial score (nSPS) is 12.1. The van der Waals surface area contributed by atoms with E-state index in [0.717, 1.165) is 38.4 Å². The predicted molar refractivity (Wildman–Crippen MR) is 80.7 cm³/mol. The van der Waals surface area contributed by atoms with Crippen molar-refractivity contribution in [1.29, 1.82) is 0 Å². The van der Waals surface area contributed by atoms with Crippen LogP contribution < -0.4 is 0 Å². The summed E-state index contributed by atoms with van der Waals surface area (Å²) in [6, 6.07) is 0. The number of carbonyl (C=O) groups excluding carboxylic acids is 1. The van der Waals surface area contributed by atoms with Crippen molar-refractivity contribution in [3.8, 4) is 0 Å². The minimum Gasteiger partial charge on any atom is -0.303 e. The second-order valence-electron chi connectivity index (χ2n) is 4.45. The van der Waals surface area contributed by atoms with Crippen LogP contribution in [-0.4, -0.2) is 6.29 Å². The number of hydrogen-bond acceptors (Lipinski definition) is 1. The minimum atomic E-state index is 0.729. The van der Waals surface area contributed by atoms with Crippen molar-refractivity contribution in [2.24, 2.45) is 0 Å². The van der Waals surface area contributed by atoms with Crippen molar-refractivity contribution in [3.63, 3.8) is 0 Å². The van der Waals surface area contributed by atoms with Crippen LogP contribution in [0.2, 0.25) is 0 Å². The highest BCUT2D eigenvalue weighted by Crippen LogP contribution is 2.05. The molecule has 0 aliphatic rings. The van der Waals surface area contributed by atoms with Crippen LogP contribution >= 0.6 is 0 Å². The van der Waals surface area contributed by atoms with Gasteiger partial charge >= 0.3 is 0 Å². The van der Waals surface area contributed by atoms with Crippen LogP contribution in [0.3, 0.4) is 0 Å². The zero-order valence-electron chi connectivity index (χ0n) is 11.8. The maximum Gasteiger partial charge on any atom is 0.119 e. The van der Waals surface area contributed by atoms with Crippen LogP contribution in [0.15, 0.2) is 36.5 Å². The number of aldehydes is 1. The molecule has 1 nitrogen and oxygen atoms in total. The van der Waals surface area contributed by atoms with Gasteiger partial charge in [-0.05, 0) is 38.5 Å². The lowest BCUT2D eigenvalue weighted by Crippen LogP contribution is -1.79. The summed E-state index contributed by atoms with van der Waals surface area (Å²) in [6.07, 6.45) is 24.2. The van der Waals surface area contributed by atoms with Gasteiger partial charge in [0.25, 0.3) is 0 Å². The van der Waals surface area contributed by atoms with E-state index < -0.39 is 0 Å². The molecule has 0 amide bonds. The lowest BCUT2D eigenvalue weighted by atomic mass is 10.1. The fourth-order valence-corrected chi connectivity index (χ4v) is 1.67. The van der Waals surface area contributed by atoms with Crippen molar-refractivity contribution in [2.45, 2.75) is 64.7 Å². The molecule has 102 valence electrons. The SMILES string of the molecule is CC/C=C/C/C=C/C/C=C/CCCCCCC=O. The molecule has 1 heteroatoms. The molecule has 0 aromatic rings. The first-order valence-corrected chi connectivity index (χ1v) is 7.30. The number of rotatable bonds is 12. The first-order valence-electron chi connectivity index (χ1n) is 7.30. The number of hydrogen-bond donors (Lipinski definition) is 0. The monoisotopic (exact) mass is 248 g/mol. The lowest BCUT2D eigenvalue weighted by molar-refractivity contribution is -0.107. The van der Waals surface area contributed by atoms with Crippen LogP contribution in [0.5, 0.6) is 0 Å². The molecule has 0 N–H and O–H groups in total. The van der Waals surface area contributed by atoms with Crippen LogP contribution in [0.1, 0.15) is 64.7 Å². The van der Waals surface area contributed by atoms with E-state index in [9.17, 15) is 4.79 Å². The molecule has 0 unspecified atom stereocenters. The maximum atomic E-state index is 10.1. The highest BCUT2D eigenvalue weighted by Gasteiger charge is 1.87. The van der Waals surface area contributed by atoms with Gasteiger partial charge in [0.15, 0.2) is 0 Å². The molecule has 0 rings (SSSR count). The molecule has 0 aliphatic carbocycles. The third-order valence-electron chi connectivity index (χ3n) is 2.72. The summed E-state index contributed by atoms with van der Waals surface area (Å²) in [7, 11) is 0. The third-order valence-corrected chi connectivity index (χ3v) is 2.72. The van der Waals surface area contributed by atoms with E-state index in [1.54, 1.807) is 0 Å². The highest BCUT2D eigenvalue weighted by molar-refractivity contribution is 5.48. The topological polar surface area (TPSA) is 17.1 Å². The van der Waals surface area contributed by atoms with Gasteiger partial charge in [0.1, 0.15) is 6.29 Å². The van der Waals surface area contributed by atoms with Gasteiger partial charge in [-0.2, -0.15) is 0 Å². The van der Waals surface area contributed by atoms with Crippen molar-refractivity contribution in [3.05, 3.63) is 36.5 Å². The number of unbranched alkanes of at least 4 members (excludes halogenated alkanes) is 5. The molecule has 0 bridgehead atoms. The molecule has 18 heavy (non-hydrogen) atoms. The van der Waals surface area contributed by atoms with Crippen LogP contribution in [0, 0.1) is 0 Å². The van der Waals surface area contributed by atoms with E-state index in [1.165, 1.54) is 25.7 Å². The average molecular weight is 248 g/mol. The van der Waals surface area contributed by atoms with Gasteiger partial charge in [0, 0.05) is 6.42 Å². The molecule has 0 fully saturated rings. The molecule has 0 aromatic carbocycles. The fourth-order valence-electron chi connectivity index (χ4n) is 1.67. The largest absolute Gasteiger partial charge is 0.303 e. The van der Waals surface area contributed by atoms with Gasteiger partial charge in [-0.3, -0.25) is 0 Å². The minimum absolute atomic E-state index is 0.729. The second-order valence-corrected chi connectivity index (χ2v) is 4.45. The summed E-state index contributed by atoms with van der Waals surface area (Å²) >= 11 is 0. The Hall–Kier alpha value is -1.11. The zero-order valence-corrected chi connectivity index (χ0v) is 11.8. The Morgan fingerprint density at radius 1 is 0.667 bits per heavy atom. The molecule has 0 aliphatic heterocycles. The molecule has 0 saturated heterocycles. The average Bonchev–Trinajstić information content (AvgIpc) is 2.39. The Morgan fingerprint density at radius 2 is 1.22 bits per heavy atom. The number of allylic oxidation sites excluding steroid dienone is 6. The first kappa shape index (κ1) is 16.9. The summed E-state index contributed by atoms with van der Waals surface area (Å²) in [5.41, 5.74) is 0. The fraction of sp³-hybridized carbons (Fsp3) is 0.588. The molecule has 0 radical (unpaired) electrons. The first-order chi connectivity index (χ1) is 8.91. The molecule has 0 atom stereocenters. The smallest absolute Gasteiger partial charge is 0.119 e. The van der Waals surface area contributed by atoms with Crippen LogP contribution in [0.25, 0.3) is 0 Å². The van der Waals surface area contributed by atoms with E-state index in [4.69, 9.17) is 0 Å². The summed E-state index contributed by atoms with van der Waals surface area (Å²) in [4.78, 5) is 10.1. The van der Waals surface area contributed by atoms with E-state index in [-0.39, 0.29) is 0 Å². The van der Waals surface area contributed by atoms with Crippen molar-refractivity contribution < 1.29 is 4.79 Å². The van der Waals surface area contributed by atoms with E-state index in [0.29, 0.717) is 0 Å². The Kier molecular flexibility index (Phi) is 14.9. The van der Waals surface area contributed by atoms with Crippen LogP contribution in [-0.2, 0) is 4.79 Å². The van der Waals surface area contributed by atoms with Crippen molar-refractivity contribution in [2.75, 3.05) is 0 Å². The van der Waals surface area contributed by atoms with E-state index >= 15 is 0 Å². The van der Waals surface area contributed by atoms with Gasteiger partial charge in [-0.1, -0.05) is 56.2 Å². The lowest BCUT2D eigenvalue weighted by Gasteiger charge is -1.95. The van der Waals surface area contributed by atoms with E-state index in [2.05, 4.69) is 43.4 Å². The Morgan fingerprint density at radius 3 is 1.83 bits per heavy atom. The van der Waals surface area contributed by atoms with Gasteiger partial charge in [0.2, 0.25) is 0 Å². The second kappa shape index (κ2) is 15.9. The third kappa shape index (κ3) is 14.9. The Labute approximate surface area is 113 Å². The molecular formula is C17H28O. The maximum absolute atomic E-state index is 10.1. The molecule has 0 aromatic heterocycles. The van der Waals surface area contributed by atoms with Gasteiger partial charge in [-0.15, -0.1) is 0 Å². The van der Waals surface area contributed by atoms with Crippen molar-refractivity contribution in [1.82, 2.24) is 0 Å². The van der Waals surface area contributed by atoms with Gasteiger partial charge in [0.05, 0.1) is 0 Å². The quantitative estimate of drug-likeness (QED) is 0.257.